The molecule has 0 bridgehead atoms. The molecule has 0 atom stereocenters. The van der Waals surface area contributed by atoms with Crippen molar-refractivity contribution in [2.24, 2.45) is 0 Å². The van der Waals surface area contributed by atoms with Crippen LogP contribution in [0.25, 0.3) is 0 Å². The van der Waals surface area contributed by atoms with Gasteiger partial charge in [0.25, 0.3) is 0 Å². The summed E-state index contributed by atoms with van der Waals surface area (Å²) in [7, 11) is 0. The molecular weight excluding hydrogens is 257 g/mol. The van der Waals surface area contributed by atoms with Crippen LogP contribution >= 0.6 is 0 Å². The number of halogens is 1. The number of aromatic carboxylic acids is 1. The molecule has 1 aromatic rings. The standard InChI is InChI=1S/C12H14FNO5/c1-12(2,3)19-11(18)14-8-5-6(10(16)17)4-7(13)9(8)15/h4-5,15H,1-3H3,(H,14,18)(H,16,17). The van der Waals surface area contributed by atoms with E-state index in [1.54, 1.807) is 20.8 Å². The summed E-state index contributed by atoms with van der Waals surface area (Å²) < 4.78 is 18.2. The zero-order valence-electron chi connectivity index (χ0n) is 10.7. The van der Waals surface area contributed by atoms with Crippen molar-refractivity contribution in [2.75, 3.05) is 5.32 Å². The Morgan fingerprint density at radius 1 is 1.32 bits per heavy atom. The Morgan fingerprint density at radius 3 is 2.37 bits per heavy atom. The van der Waals surface area contributed by atoms with Crippen LogP contribution in [0.15, 0.2) is 12.1 Å². The number of hydrogen-bond acceptors (Lipinski definition) is 4. The molecular formula is C12H14FNO5. The van der Waals surface area contributed by atoms with Crippen molar-refractivity contribution in [3.05, 3.63) is 23.5 Å². The lowest BCUT2D eigenvalue weighted by Crippen LogP contribution is -2.27. The molecule has 0 saturated heterocycles. The largest absolute Gasteiger partial charge is 0.503 e. The molecule has 0 radical (unpaired) electrons. The quantitative estimate of drug-likeness (QED) is 0.718. The van der Waals surface area contributed by atoms with Crippen LogP contribution in [0.4, 0.5) is 14.9 Å². The second-order valence-corrected chi connectivity index (χ2v) is 4.79. The molecule has 19 heavy (non-hydrogen) atoms. The molecule has 0 aromatic heterocycles. The van der Waals surface area contributed by atoms with Crippen molar-refractivity contribution in [1.29, 1.82) is 0 Å². The molecule has 0 aliphatic rings. The van der Waals surface area contributed by atoms with Crippen molar-refractivity contribution >= 4 is 17.7 Å². The van der Waals surface area contributed by atoms with Crippen molar-refractivity contribution < 1.29 is 28.9 Å². The minimum atomic E-state index is -1.38. The Bertz CT molecular complexity index is 522. The summed E-state index contributed by atoms with van der Waals surface area (Å²) in [4.78, 5) is 22.2. The molecule has 0 fully saturated rings. The summed E-state index contributed by atoms with van der Waals surface area (Å²) in [5.74, 6) is -3.38. The maximum absolute atomic E-state index is 13.3. The lowest BCUT2D eigenvalue weighted by molar-refractivity contribution is 0.0632. The number of carbonyl (C=O) groups is 2. The van der Waals surface area contributed by atoms with Crippen LogP contribution in [0, 0.1) is 5.82 Å². The zero-order valence-corrected chi connectivity index (χ0v) is 10.7. The number of benzene rings is 1. The highest BCUT2D eigenvalue weighted by molar-refractivity contribution is 5.93. The Balaban J connectivity index is 3.01. The predicted octanol–water partition coefficient (Wildman–Crippen LogP) is 2.58. The summed E-state index contributed by atoms with van der Waals surface area (Å²) in [6, 6.07) is 1.59. The van der Waals surface area contributed by atoms with E-state index in [1.165, 1.54) is 0 Å². The van der Waals surface area contributed by atoms with Gasteiger partial charge in [0.1, 0.15) is 5.60 Å². The SMILES string of the molecule is CC(C)(C)OC(=O)Nc1cc(C(=O)O)cc(F)c1O. The van der Waals surface area contributed by atoms with Crippen LogP contribution in [-0.2, 0) is 4.74 Å². The highest BCUT2D eigenvalue weighted by Crippen LogP contribution is 2.28. The molecule has 3 N–H and O–H groups in total. The van der Waals surface area contributed by atoms with Gasteiger partial charge in [0, 0.05) is 0 Å². The van der Waals surface area contributed by atoms with Crippen LogP contribution in [0.3, 0.4) is 0 Å². The molecule has 1 amide bonds. The van der Waals surface area contributed by atoms with E-state index < -0.39 is 34.8 Å². The average molecular weight is 271 g/mol. The summed E-state index contributed by atoms with van der Waals surface area (Å²) in [6.45, 7) is 4.88. The molecule has 0 spiro atoms. The summed E-state index contributed by atoms with van der Waals surface area (Å²) in [5.41, 5.74) is -1.55. The van der Waals surface area contributed by atoms with E-state index in [-0.39, 0.29) is 5.69 Å². The minimum Gasteiger partial charge on any atom is -0.503 e. The lowest BCUT2D eigenvalue weighted by Gasteiger charge is -2.20. The van der Waals surface area contributed by atoms with Gasteiger partial charge in [-0.15, -0.1) is 0 Å². The number of ether oxygens (including phenoxy) is 1. The van der Waals surface area contributed by atoms with Crippen LogP contribution in [-0.4, -0.2) is 27.9 Å². The maximum atomic E-state index is 13.3. The molecule has 0 unspecified atom stereocenters. The summed E-state index contributed by atoms with van der Waals surface area (Å²) >= 11 is 0. The van der Waals surface area contributed by atoms with E-state index in [4.69, 9.17) is 9.84 Å². The fourth-order valence-electron chi connectivity index (χ4n) is 1.23. The minimum absolute atomic E-state index is 0.369. The van der Waals surface area contributed by atoms with Crippen molar-refractivity contribution in [3.8, 4) is 5.75 Å². The Hall–Kier alpha value is -2.31. The van der Waals surface area contributed by atoms with E-state index in [1.807, 2.05) is 0 Å². The third kappa shape index (κ3) is 4.13. The number of nitrogens with one attached hydrogen (secondary N) is 1. The van der Waals surface area contributed by atoms with Gasteiger partial charge >= 0.3 is 12.1 Å². The summed E-state index contributed by atoms with van der Waals surface area (Å²) in [5, 5.41) is 20.3. The van der Waals surface area contributed by atoms with Gasteiger partial charge < -0.3 is 14.9 Å². The Labute approximate surface area is 108 Å². The van der Waals surface area contributed by atoms with Crippen LogP contribution < -0.4 is 5.32 Å². The molecule has 7 heteroatoms. The molecule has 1 aromatic carbocycles. The van der Waals surface area contributed by atoms with Gasteiger partial charge in [-0.25, -0.2) is 14.0 Å². The number of phenols is 1. The van der Waals surface area contributed by atoms with Gasteiger partial charge in [0.15, 0.2) is 11.6 Å². The molecule has 0 saturated carbocycles. The van der Waals surface area contributed by atoms with Gasteiger partial charge in [0.2, 0.25) is 0 Å². The van der Waals surface area contributed by atoms with Crippen molar-refractivity contribution in [1.82, 2.24) is 0 Å². The van der Waals surface area contributed by atoms with Gasteiger partial charge in [-0.05, 0) is 32.9 Å². The third-order valence-corrected chi connectivity index (χ3v) is 1.95. The van der Waals surface area contributed by atoms with Crippen LogP contribution in [0.2, 0.25) is 0 Å². The molecule has 0 heterocycles. The molecule has 0 aliphatic heterocycles. The fraction of sp³-hybridized carbons (Fsp3) is 0.333. The monoisotopic (exact) mass is 271 g/mol. The molecule has 1 rings (SSSR count). The highest BCUT2D eigenvalue weighted by Gasteiger charge is 2.20. The number of carboxylic acid groups (broad SMARTS) is 1. The van der Waals surface area contributed by atoms with E-state index in [0.29, 0.717) is 6.07 Å². The smallest absolute Gasteiger partial charge is 0.412 e. The fourth-order valence-corrected chi connectivity index (χ4v) is 1.23. The average Bonchev–Trinajstić information content (AvgIpc) is 2.21. The van der Waals surface area contributed by atoms with E-state index >= 15 is 0 Å². The van der Waals surface area contributed by atoms with Crippen molar-refractivity contribution in [3.63, 3.8) is 0 Å². The van der Waals surface area contributed by atoms with Crippen LogP contribution in [0.5, 0.6) is 5.75 Å². The first-order valence-electron chi connectivity index (χ1n) is 5.36. The second-order valence-electron chi connectivity index (χ2n) is 4.79. The molecule has 0 aliphatic carbocycles. The number of anilines is 1. The van der Waals surface area contributed by atoms with E-state index in [9.17, 15) is 19.1 Å². The number of hydrogen-bond donors (Lipinski definition) is 3. The highest BCUT2D eigenvalue weighted by atomic mass is 19.1. The van der Waals surface area contributed by atoms with Gasteiger partial charge in [-0.3, -0.25) is 5.32 Å². The van der Waals surface area contributed by atoms with Gasteiger partial charge in [-0.1, -0.05) is 0 Å². The van der Waals surface area contributed by atoms with E-state index in [2.05, 4.69) is 5.32 Å². The predicted molar refractivity (Wildman–Crippen MR) is 64.9 cm³/mol. The molecule has 6 nitrogen and oxygen atoms in total. The van der Waals surface area contributed by atoms with E-state index in [0.717, 1.165) is 6.07 Å². The number of rotatable bonds is 2. The lowest BCUT2D eigenvalue weighted by atomic mass is 10.1. The Kier molecular flexibility index (Phi) is 3.98. The summed E-state index contributed by atoms with van der Waals surface area (Å²) in [6.07, 6.45) is -0.926. The number of carbonyl (C=O) groups excluding carboxylic acids is 1. The number of aromatic hydroxyl groups is 1. The topological polar surface area (TPSA) is 95.9 Å². The number of amides is 1. The van der Waals surface area contributed by atoms with Crippen molar-refractivity contribution in [2.45, 2.75) is 26.4 Å². The molecule has 104 valence electrons. The zero-order chi connectivity index (χ0) is 14.8. The number of phenolic OH excluding ortho intramolecular Hbond substituents is 1. The first-order chi connectivity index (χ1) is 8.60. The first kappa shape index (κ1) is 14.7. The van der Waals surface area contributed by atoms with Gasteiger partial charge in [-0.2, -0.15) is 0 Å². The third-order valence-electron chi connectivity index (χ3n) is 1.95. The second kappa shape index (κ2) is 5.13. The number of carboxylic acids is 1. The Morgan fingerprint density at radius 2 is 1.89 bits per heavy atom. The van der Waals surface area contributed by atoms with Gasteiger partial charge in [0.05, 0.1) is 11.3 Å². The maximum Gasteiger partial charge on any atom is 0.412 e. The first-order valence-corrected chi connectivity index (χ1v) is 5.36. The van der Waals surface area contributed by atoms with Crippen LogP contribution in [0.1, 0.15) is 31.1 Å². The normalized spacial score (nSPS) is 10.9.